The number of hydrogen-bond donors (Lipinski definition) is 1. The van der Waals surface area contributed by atoms with Crippen LogP contribution in [0.15, 0.2) is 54.6 Å². The number of aromatic nitrogens is 2. The van der Waals surface area contributed by atoms with Crippen molar-refractivity contribution in [1.82, 2.24) is 10.2 Å². The number of nitrogens with zero attached hydrogens (tertiary/aromatic N) is 3. The van der Waals surface area contributed by atoms with Gasteiger partial charge < -0.3 is 5.32 Å². The minimum Gasteiger partial charge on any atom is -0.368 e. The summed E-state index contributed by atoms with van der Waals surface area (Å²) in [6, 6.07) is 15.9. The van der Waals surface area contributed by atoms with Gasteiger partial charge >= 0.3 is 0 Å². The van der Waals surface area contributed by atoms with Gasteiger partial charge in [0.15, 0.2) is 5.69 Å². The van der Waals surface area contributed by atoms with Gasteiger partial charge in [-0.15, -0.1) is 10.2 Å². The van der Waals surface area contributed by atoms with Crippen LogP contribution in [0.1, 0.15) is 25.0 Å². The van der Waals surface area contributed by atoms with Crippen molar-refractivity contribution in [3.8, 4) is 11.3 Å². The van der Waals surface area contributed by atoms with Crippen molar-refractivity contribution >= 4 is 11.5 Å². The molecular formula is C22H21FN4. The molecule has 3 rings (SSSR count). The zero-order chi connectivity index (χ0) is 19.4. The third kappa shape index (κ3) is 4.29. The molecule has 1 heterocycles. The number of benzene rings is 2. The summed E-state index contributed by atoms with van der Waals surface area (Å²) >= 11 is 0. The van der Waals surface area contributed by atoms with Crippen LogP contribution in [0.4, 0.5) is 15.9 Å². The quantitative estimate of drug-likeness (QED) is 0.608. The van der Waals surface area contributed by atoms with E-state index in [2.05, 4.69) is 34.2 Å². The smallest absolute Gasteiger partial charge is 0.187 e. The molecule has 0 unspecified atom stereocenters. The highest BCUT2D eigenvalue weighted by molar-refractivity contribution is 5.68. The summed E-state index contributed by atoms with van der Waals surface area (Å²) in [5, 5.41) is 12.0. The fourth-order valence-electron chi connectivity index (χ4n) is 2.89. The minimum absolute atomic E-state index is 0.189. The molecule has 4 nitrogen and oxygen atoms in total. The number of hydrogen-bond acceptors (Lipinski definition) is 3. The third-order valence-corrected chi connectivity index (χ3v) is 4.57. The molecule has 5 heteroatoms. The zero-order valence-electron chi connectivity index (χ0n) is 15.6. The van der Waals surface area contributed by atoms with Crippen molar-refractivity contribution in [3.05, 3.63) is 83.0 Å². The van der Waals surface area contributed by atoms with Crippen molar-refractivity contribution in [2.75, 3.05) is 11.9 Å². The highest BCUT2D eigenvalue weighted by Gasteiger charge is 2.21. The van der Waals surface area contributed by atoms with Crippen molar-refractivity contribution in [2.24, 2.45) is 0 Å². The van der Waals surface area contributed by atoms with E-state index in [1.807, 2.05) is 31.2 Å². The van der Waals surface area contributed by atoms with Crippen molar-refractivity contribution in [3.63, 3.8) is 0 Å². The van der Waals surface area contributed by atoms with E-state index in [4.69, 9.17) is 6.57 Å². The summed E-state index contributed by atoms with van der Waals surface area (Å²) in [4.78, 5) is 3.46. The van der Waals surface area contributed by atoms with Gasteiger partial charge in [-0.25, -0.2) is 9.24 Å². The molecular weight excluding hydrogens is 339 g/mol. The number of rotatable bonds is 5. The Morgan fingerprint density at radius 3 is 2.48 bits per heavy atom. The first-order chi connectivity index (χ1) is 12.9. The lowest BCUT2D eigenvalue weighted by molar-refractivity contribution is 0.552. The summed E-state index contributed by atoms with van der Waals surface area (Å²) < 4.78 is 13.1. The van der Waals surface area contributed by atoms with Crippen LogP contribution in [-0.4, -0.2) is 16.7 Å². The Kier molecular flexibility index (Phi) is 5.18. The standard InChI is InChI=1S/C22H21FN4/c1-15-12-20(25-14-22(2,3)17-8-10-18(23)11-9-17)26-27-21(15)16-6-5-7-19(13-16)24-4/h5-13H,14H2,1-3H3,(H,25,26). The summed E-state index contributed by atoms with van der Waals surface area (Å²) in [5.41, 5.74) is 4.07. The van der Waals surface area contributed by atoms with Gasteiger partial charge in [-0.05, 0) is 47.9 Å². The molecule has 2 aromatic carbocycles. The second kappa shape index (κ2) is 7.55. The fraction of sp³-hybridized carbons (Fsp3) is 0.227. The van der Waals surface area contributed by atoms with Crippen LogP contribution in [0.2, 0.25) is 0 Å². The van der Waals surface area contributed by atoms with E-state index in [-0.39, 0.29) is 11.2 Å². The fourth-order valence-corrected chi connectivity index (χ4v) is 2.89. The molecule has 0 atom stereocenters. The minimum atomic E-state index is -0.234. The average Bonchev–Trinajstić information content (AvgIpc) is 2.67. The first-order valence-electron chi connectivity index (χ1n) is 8.71. The summed E-state index contributed by atoms with van der Waals surface area (Å²) in [6.07, 6.45) is 0. The summed E-state index contributed by atoms with van der Waals surface area (Å²) in [6.45, 7) is 13.9. The molecule has 0 radical (unpaired) electrons. The maximum Gasteiger partial charge on any atom is 0.187 e. The van der Waals surface area contributed by atoms with Gasteiger partial charge in [0, 0.05) is 12.0 Å². The molecule has 0 aliphatic carbocycles. The van der Waals surface area contributed by atoms with E-state index in [1.54, 1.807) is 18.2 Å². The van der Waals surface area contributed by atoms with Crippen LogP contribution >= 0.6 is 0 Å². The maximum absolute atomic E-state index is 13.1. The molecule has 1 N–H and O–H groups in total. The van der Waals surface area contributed by atoms with Crippen LogP contribution in [0.3, 0.4) is 0 Å². The molecule has 0 bridgehead atoms. The van der Waals surface area contributed by atoms with Crippen LogP contribution in [0.25, 0.3) is 16.1 Å². The number of aryl methyl sites for hydroxylation is 1. The summed E-state index contributed by atoms with van der Waals surface area (Å²) in [7, 11) is 0. The van der Waals surface area contributed by atoms with Crippen LogP contribution in [0.5, 0.6) is 0 Å². The number of anilines is 1. The maximum atomic E-state index is 13.1. The highest BCUT2D eigenvalue weighted by Crippen LogP contribution is 2.27. The molecule has 0 saturated carbocycles. The number of halogens is 1. The van der Waals surface area contributed by atoms with Gasteiger partial charge in [-0.3, -0.25) is 0 Å². The second-order valence-electron chi connectivity index (χ2n) is 7.17. The Hall–Kier alpha value is -3.26. The molecule has 1 aromatic heterocycles. The van der Waals surface area contributed by atoms with Gasteiger partial charge in [0.05, 0.1) is 12.3 Å². The Morgan fingerprint density at radius 1 is 1.07 bits per heavy atom. The van der Waals surface area contributed by atoms with E-state index in [9.17, 15) is 4.39 Å². The SMILES string of the molecule is [C-]#[N+]c1cccc(-c2nnc(NCC(C)(C)c3ccc(F)cc3)cc2C)c1. The lowest BCUT2D eigenvalue weighted by Crippen LogP contribution is -2.28. The van der Waals surface area contributed by atoms with E-state index in [0.29, 0.717) is 18.1 Å². The monoisotopic (exact) mass is 360 g/mol. The van der Waals surface area contributed by atoms with Crippen molar-refractivity contribution < 1.29 is 4.39 Å². The summed E-state index contributed by atoms with van der Waals surface area (Å²) in [5.74, 6) is 0.453. The van der Waals surface area contributed by atoms with E-state index < -0.39 is 0 Å². The largest absolute Gasteiger partial charge is 0.368 e. The molecule has 27 heavy (non-hydrogen) atoms. The first kappa shape index (κ1) is 18.5. The van der Waals surface area contributed by atoms with Gasteiger partial charge in [0.25, 0.3) is 0 Å². The van der Waals surface area contributed by atoms with Gasteiger partial charge in [0.1, 0.15) is 11.6 Å². The van der Waals surface area contributed by atoms with E-state index in [1.165, 1.54) is 12.1 Å². The predicted octanol–water partition coefficient (Wildman–Crippen LogP) is 5.53. The lowest BCUT2D eigenvalue weighted by Gasteiger charge is -2.26. The topological polar surface area (TPSA) is 42.2 Å². The predicted molar refractivity (Wildman–Crippen MR) is 106 cm³/mol. The zero-order valence-corrected chi connectivity index (χ0v) is 15.6. The number of nitrogens with one attached hydrogen (secondary N) is 1. The van der Waals surface area contributed by atoms with E-state index in [0.717, 1.165) is 22.4 Å². The molecule has 0 fully saturated rings. The van der Waals surface area contributed by atoms with Crippen LogP contribution in [0, 0.1) is 19.3 Å². The first-order valence-corrected chi connectivity index (χ1v) is 8.71. The molecule has 0 saturated heterocycles. The Balaban J connectivity index is 1.76. The molecule has 0 amide bonds. The van der Waals surface area contributed by atoms with E-state index >= 15 is 0 Å². The Bertz CT molecular complexity index is 988. The normalized spacial score (nSPS) is 11.1. The Morgan fingerprint density at radius 2 is 1.81 bits per heavy atom. The molecule has 136 valence electrons. The molecule has 0 aliphatic rings. The molecule has 0 spiro atoms. The average molecular weight is 360 g/mol. The van der Waals surface area contributed by atoms with Gasteiger partial charge in [-0.1, -0.05) is 44.2 Å². The van der Waals surface area contributed by atoms with Gasteiger partial charge in [-0.2, -0.15) is 0 Å². The Labute approximate surface area is 158 Å². The van der Waals surface area contributed by atoms with Crippen molar-refractivity contribution in [1.29, 1.82) is 0 Å². The van der Waals surface area contributed by atoms with Gasteiger partial charge in [0.2, 0.25) is 0 Å². The van der Waals surface area contributed by atoms with Crippen molar-refractivity contribution in [2.45, 2.75) is 26.2 Å². The molecule has 0 aliphatic heterocycles. The van der Waals surface area contributed by atoms with Crippen LogP contribution < -0.4 is 5.32 Å². The third-order valence-electron chi connectivity index (χ3n) is 4.57. The highest BCUT2D eigenvalue weighted by atomic mass is 19.1. The van der Waals surface area contributed by atoms with Crippen LogP contribution in [-0.2, 0) is 5.41 Å². The molecule has 3 aromatic rings. The lowest BCUT2D eigenvalue weighted by atomic mass is 9.84. The second-order valence-corrected chi connectivity index (χ2v) is 7.17.